The van der Waals surface area contributed by atoms with Crippen LogP contribution in [-0.2, 0) is 0 Å². The van der Waals surface area contributed by atoms with Crippen molar-refractivity contribution >= 4 is 12.6 Å². The summed E-state index contributed by atoms with van der Waals surface area (Å²) in [4.78, 5) is 0.912. The summed E-state index contributed by atoms with van der Waals surface area (Å²) < 4.78 is 0. The molecule has 0 amide bonds. The number of phenolic OH excluding ortho intramolecular Hbond substituents is 1. The second kappa shape index (κ2) is 2.99. The van der Waals surface area contributed by atoms with E-state index in [2.05, 4.69) is 17.9 Å². The van der Waals surface area contributed by atoms with Gasteiger partial charge in [-0.1, -0.05) is 0 Å². The number of nitrogens with one attached hydrogen (secondary N) is 1. The summed E-state index contributed by atoms with van der Waals surface area (Å²) in [5.41, 5.74) is 1.02. The SMILES string of the molecule is Oc1ccc(S)cc1C1CNC1. The largest absolute Gasteiger partial charge is 0.508 e. The average Bonchev–Trinajstić information content (AvgIpc) is 1.93. The molecule has 2 nitrogen and oxygen atoms in total. The van der Waals surface area contributed by atoms with Crippen LogP contribution in [0.25, 0.3) is 0 Å². The summed E-state index contributed by atoms with van der Waals surface area (Å²) in [6.07, 6.45) is 0. The van der Waals surface area contributed by atoms with Gasteiger partial charge in [0.25, 0.3) is 0 Å². The fourth-order valence-electron chi connectivity index (χ4n) is 1.38. The standard InChI is InChI=1S/C9H11NOS/c11-9-2-1-7(12)3-8(9)6-4-10-5-6/h1-3,6,10-12H,4-5H2. The quantitative estimate of drug-likeness (QED) is 0.572. The zero-order valence-electron chi connectivity index (χ0n) is 6.62. The molecule has 2 rings (SSSR count). The maximum atomic E-state index is 9.51. The van der Waals surface area contributed by atoms with E-state index < -0.39 is 0 Å². The molecule has 0 saturated carbocycles. The van der Waals surface area contributed by atoms with Crippen LogP contribution in [0.5, 0.6) is 5.75 Å². The van der Waals surface area contributed by atoms with Gasteiger partial charge in [-0.15, -0.1) is 12.6 Å². The van der Waals surface area contributed by atoms with Crippen molar-refractivity contribution in [2.45, 2.75) is 10.8 Å². The van der Waals surface area contributed by atoms with E-state index in [9.17, 15) is 5.11 Å². The zero-order chi connectivity index (χ0) is 8.55. The molecule has 3 heteroatoms. The summed E-state index contributed by atoms with van der Waals surface area (Å²) in [5, 5.41) is 12.7. The van der Waals surface area contributed by atoms with Crippen LogP contribution in [0.1, 0.15) is 11.5 Å². The lowest BCUT2D eigenvalue weighted by molar-refractivity contribution is 0.412. The van der Waals surface area contributed by atoms with Gasteiger partial charge in [0.05, 0.1) is 0 Å². The van der Waals surface area contributed by atoms with E-state index in [4.69, 9.17) is 0 Å². The van der Waals surface area contributed by atoms with Crippen LogP contribution in [-0.4, -0.2) is 18.2 Å². The van der Waals surface area contributed by atoms with Crippen LogP contribution >= 0.6 is 12.6 Å². The van der Waals surface area contributed by atoms with Crippen molar-refractivity contribution in [2.75, 3.05) is 13.1 Å². The number of hydrogen-bond donors (Lipinski definition) is 3. The third-order valence-corrected chi connectivity index (χ3v) is 2.51. The Morgan fingerprint density at radius 1 is 1.42 bits per heavy atom. The Kier molecular flexibility index (Phi) is 1.98. The second-order valence-corrected chi connectivity index (χ2v) is 3.61. The highest BCUT2D eigenvalue weighted by atomic mass is 32.1. The molecule has 1 aliphatic heterocycles. The first-order valence-corrected chi connectivity index (χ1v) is 4.44. The predicted octanol–water partition coefficient (Wildman–Crippen LogP) is 1.37. The number of aromatic hydroxyl groups is 1. The zero-order valence-corrected chi connectivity index (χ0v) is 7.51. The Hall–Kier alpha value is -0.670. The van der Waals surface area contributed by atoms with Crippen molar-refractivity contribution in [3.05, 3.63) is 23.8 Å². The van der Waals surface area contributed by atoms with Crippen LogP contribution < -0.4 is 5.32 Å². The third kappa shape index (κ3) is 1.30. The number of rotatable bonds is 1. The van der Waals surface area contributed by atoms with E-state index in [1.54, 1.807) is 12.1 Å². The van der Waals surface area contributed by atoms with E-state index in [0.717, 1.165) is 23.5 Å². The Morgan fingerprint density at radius 3 is 2.75 bits per heavy atom. The fourth-order valence-corrected chi connectivity index (χ4v) is 1.59. The second-order valence-electron chi connectivity index (χ2n) is 3.10. The van der Waals surface area contributed by atoms with Gasteiger partial charge >= 0.3 is 0 Å². The lowest BCUT2D eigenvalue weighted by Crippen LogP contribution is -2.39. The molecule has 1 aliphatic rings. The fraction of sp³-hybridized carbons (Fsp3) is 0.333. The van der Waals surface area contributed by atoms with E-state index in [-0.39, 0.29) is 0 Å². The molecule has 1 fully saturated rings. The van der Waals surface area contributed by atoms with Crippen LogP contribution in [0, 0.1) is 0 Å². The van der Waals surface area contributed by atoms with Gasteiger partial charge in [0.1, 0.15) is 5.75 Å². The van der Waals surface area contributed by atoms with Crippen molar-refractivity contribution in [2.24, 2.45) is 0 Å². The van der Waals surface area contributed by atoms with Crippen molar-refractivity contribution < 1.29 is 5.11 Å². The predicted molar refractivity (Wildman–Crippen MR) is 51.0 cm³/mol. The molecule has 1 aromatic rings. The number of benzene rings is 1. The molecule has 64 valence electrons. The summed E-state index contributed by atoms with van der Waals surface area (Å²) in [6, 6.07) is 5.44. The minimum absolute atomic E-state index is 0.388. The normalized spacial score (nSPS) is 17.4. The first-order valence-electron chi connectivity index (χ1n) is 4.00. The summed E-state index contributed by atoms with van der Waals surface area (Å²) in [7, 11) is 0. The monoisotopic (exact) mass is 181 g/mol. The molecule has 2 N–H and O–H groups in total. The molecule has 1 aromatic carbocycles. The van der Waals surface area contributed by atoms with E-state index >= 15 is 0 Å². The first-order chi connectivity index (χ1) is 5.77. The van der Waals surface area contributed by atoms with Gasteiger partial charge in [0.15, 0.2) is 0 Å². The molecule has 1 heterocycles. The highest BCUT2D eigenvalue weighted by Crippen LogP contribution is 2.30. The molecular weight excluding hydrogens is 170 g/mol. The highest BCUT2D eigenvalue weighted by molar-refractivity contribution is 7.80. The molecule has 0 spiro atoms. The Balaban J connectivity index is 2.34. The highest BCUT2D eigenvalue weighted by Gasteiger charge is 2.21. The van der Waals surface area contributed by atoms with Crippen molar-refractivity contribution in [1.82, 2.24) is 5.32 Å². The van der Waals surface area contributed by atoms with Gasteiger partial charge in [-0.3, -0.25) is 0 Å². The molecule has 0 aromatic heterocycles. The van der Waals surface area contributed by atoms with Crippen LogP contribution in [0.2, 0.25) is 0 Å². The van der Waals surface area contributed by atoms with Gasteiger partial charge in [-0.2, -0.15) is 0 Å². The third-order valence-electron chi connectivity index (χ3n) is 2.23. The smallest absolute Gasteiger partial charge is 0.119 e. The summed E-state index contributed by atoms with van der Waals surface area (Å²) >= 11 is 4.23. The van der Waals surface area contributed by atoms with Crippen molar-refractivity contribution in [3.8, 4) is 5.75 Å². The molecule has 0 aliphatic carbocycles. The van der Waals surface area contributed by atoms with Crippen molar-refractivity contribution in [3.63, 3.8) is 0 Å². The molecule has 0 unspecified atom stereocenters. The number of thiol groups is 1. The Labute approximate surface area is 77.0 Å². The molecule has 0 bridgehead atoms. The van der Waals surface area contributed by atoms with E-state index in [1.165, 1.54) is 0 Å². The lowest BCUT2D eigenvalue weighted by atomic mass is 9.93. The number of phenols is 1. The van der Waals surface area contributed by atoms with Gasteiger partial charge < -0.3 is 10.4 Å². The topological polar surface area (TPSA) is 32.3 Å². The molecule has 0 atom stereocenters. The lowest BCUT2D eigenvalue weighted by Gasteiger charge is -2.28. The Morgan fingerprint density at radius 2 is 2.17 bits per heavy atom. The van der Waals surface area contributed by atoms with Gasteiger partial charge in [0.2, 0.25) is 0 Å². The maximum Gasteiger partial charge on any atom is 0.119 e. The van der Waals surface area contributed by atoms with Gasteiger partial charge in [-0.25, -0.2) is 0 Å². The Bertz CT molecular complexity index is 297. The van der Waals surface area contributed by atoms with Crippen LogP contribution in [0.3, 0.4) is 0 Å². The maximum absolute atomic E-state index is 9.51. The molecule has 1 saturated heterocycles. The van der Waals surface area contributed by atoms with Crippen LogP contribution in [0.15, 0.2) is 23.1 Å². The van der Waals surface area contributed by atoms with E-state index in [0.29, 0.717) is 11.7 Å². The minimum atomic E-state index is 0.388. The minimum Gasteiger partial charge on any atom is -0.508 e. The first kappa shape index (κ1) is 7.95. The summed E-state index contributed by atoms with van der Waals surface area (Å²) in [5.74, 6) is 0.858. The molecular formula is C9H11NOS. The molecule has 0 radical (unpaired) electrons. The average molecular weight is 181 g/mol. The summed E-state index contributed by atoms with van der Waals surface area (Å²) in [6.45, 7) is 1.93. The number of hydrogen-bond acceptors (Lipinski definition) is 3. The van der Waals surface area contributed by atoms with Crippen LogP contribution in [0.4, 0.5) is 0 Å². The molecule has 12 heavy (non-hydrogen) atoms. The van der Waals surface area contributed by atoms with E-state index in [1.807, 2.05) is 6.07 Å². The van der Waals surface area contributed by atoms with Crippen molar-refractivity contribution in [1.29, 1.82) is 0 Å². The van der Waals surface area contributed by atoms with Gasteiger partial charge in [0, 0.05) is 29.5 Å². The van der Waals surface area contributed by atoms with Gasteiger partial charge in [-0.05, 0) is 18.2 Å².